The van der Waals surface area contributed by atoms with Crippen LogP contribution in [0.5, 0.6) is 17.2 Å². The molecule has 138 valence electrons. The zero-order valence-electron chi connectivity index (χ0n) is 15.2. The molecule has 3 rings (SSSR count). The molecule has 0 amide bonds. The van der Waals surface area contributed by atoms with Gasteiger partial charge in [0.05, 0.1) is 27.0 Å². The SMILES string of the molecule is COc1cc(Nc2ncc(C=S)c(-c3ccccc3)n2)cc(OC)c1OC. The van der Waals surface area contributed by atoms with E-state index < -0.39 is 0 Å². The molecule has 0 saturated carbocycles. The molecule has 0 unspecified atom stereocenters. The summed E-state index contributed by atoms with van der Waals surface area (Å²) in [4.78, 5) is 8.98. The average molecular weight is 381 g/mol. The van der Waals surface area contributed by atoms with Gasteiger partial charge in [-0.05, 0) is 0 Å². The van der Waals surface area contributed by atoms with Crippen LogP contribution >= 0.6 is 12.2 Å². The fraction of sp³-hybridized carbons (Fsp3) is 0.150. The lowest BCUT2D eigenvalue weighted by atomic mass is 10.1. The predicted octanol–water partition coefficient (Wildman–Crippen LogP) is 4.26. The van der Waals surface area contributed by atoms with Gasteiger partial charge in [-0.25, -0.2) is 9.97 Å². The van der Waals surface area contributed by atoms with Gasteiger partial charge in [0.25, 0.3) is 0 Å². The van der Waals surface area contributed by atoms with Crippen LogP contribution in [0.2, 0.25) is 0 Å². The molecule has 0 fully saturated rings. The third-order valence-corrected chi connectivity index (χ3v) is 4.17. The highest BCUT2D eigenvalue weighted by Crippen LogP contribution is 2.40. The first-order chi connectivity index (χ1) is 13.2. The Morgan fingerprint density at radius 3 is 2.19 bits per heavy atom. The number of hydrogen-bond acceptors (Lipinski definition) is 7. The van der Waals surface area contributed by atoms with Crippen molar-refractivity contribution in [3.05, 3.63) is 54.2 Å². The van der Waals surface area contributed by atoms with Gasteiger partial charge in [-0.15, -0.1) is 0 Å². The monoisotopic (exact) mass is 381 g/mol. The van der Waals surface area contributed by atoms with Crippen LogP contribution in [0, 0.1) is 0 Å². The zero-order valence-corrected chi connectivity index (χ0v) is 16.0. The first-order valence-corrected chi connectivity index (χ1v) is 8.62. The van der Waals surface area contributed by atoms with Gasteiger partial charge in [0, 0.05) is 40.5 Å². The summed E-state index contributed by atoms with van der Waals surface area (Å²) in [5.74, 6) is 2.03. The van der Waals surface area contributed by atoms with Crippen molar-refractivity contribution in [2.45, 2.75) is 0 Å². The average Bonchev–Trinajstić information content (AvgIpc) is 2.73. The summed E-state index contributed by atoms with van der Waals surface area (Å²) < 4.78 is 16.1. The van der Waals surface area contributed by atoms with Crippen LogP contribution in [0.25, 0.3) is 11.3 Å². The maximum atomic E-state index is 5.38. The Morgan fingerprint density at radius 1 is 0.963 bits per heavy atom. The van der Waals surface area contributed by atoms with E-state index >= 15 is 0 Å². The zero-order chi connectivity index (χ0) is 19.2. The van der Waals surface area contributed by atoms with Crippen molar-refractivity contribution in [3.8, 4) is 28.5 Å². The lowest BCUT2D eigenvalue weighted by Crippen LogP contribution is -2.02. The molecule has 1 N–H and O–H groups in total. The van der Waals surface area contributed by atoms with Gasteiger partial charge in [0.1, 0.15) is 0 Å². The van der Waals surface area contributed by atoms with Crippen molar-refractivity contribution in [1.29, 1.82) is 0 Å². The van der Waals surface area contributed by atoms with Crippen LogP contribution in [-0.4, -0.2) is 36.7 Å². The summed E-state index contributed by atoms with van der Waals surface area (Å²) in [5, 5.41) is 4.76. The van der Waals surface area contributed by atoms with Gasteiger partial charge in [0.2, 0.25) is 11.7 Å². The molecule has 0 bridgehead atoms. The number of nitrogens with one attached hydrogen (secondary N) is 1. The summed E-state index contributed by atoms with van der Waals surface area (Å²) in [6, 6.07) is 13.4. The molecule has 0 aliphatic rings. The second kappa shape index (κ2) is 8.46. The van der Waals surface area contributed by atoms with Gasteiger partial charge in [0.15, 0.2) is 11.5 Å². The van der Waals surface area contributed by atoms with E-state index in [1.807, 2.05) is 30.3 Å². The summed E-state index contributed by atoms with van der Waals surface area (Å²) in [6.07, 6.45) is 1.70. The standard InChI is InChI=1S/C20H19N3O3S/c1-24-16-9-15(10-17(25-2)19(16)26-3)22-20-21-11-14(12-27)18(23-20)13-7-5-4-6-8-13/h4-12H,1-3H3,(H,21,22,23). The minimum Gasteiger partial charge on any atom is -0.493 e. The van der Waals surface area contributed by atoms with Gasteiger partial charge in [-0.1, -0.05) is 42.5 Å². The van der Waals surface area contributed by atoms with Crippen molar-refractivity contribution < 1.29 is 14.2 Å². The summed E-state index contributed by atoms with van der Waals surface area (Å²) in [5.41, 5.74) is 3.21. The second-order valence-corrected chi connectivity index (χ2v) is 5.76. The van der Waals surface area contributed by atoms with Crippen LogP contribution < -0.4 is 19.5 Å². The van der Waals surface area contributed by atoms with E-state index in [4.69, 9.17) is 26.4 Å². The summed E-state index contributed by atoms with van der Waals surface area (Å²) >= 11 is 5.10. The maximum absolute atomic E-state index is 5.38. The van der Waals surface area contributed by atoms with Crippen molar-refractivity contribution in [2.24, 2.45) is 0 Å². The molecule has 3 aromatic rings. The Morgan fingerprint density at radius 2 is 1.63 bits per heavy atom. The molecular formula is C20H19N3O3S. The first kappa shape index (κ1) is 18.6. The fourth-order valence-corrected chi connectivity index (χ4v) is 2.82. The van der Waals surface area contributed by atoms with Crippen molar-refractivity contribution in [1.82, 2.24) is 9.97 Å². The van der Waals surface area contributed by atoms with E-state index in [0.717, 1.165) is 16.8 Å². The minimum atomic E-state index is 0.434. The first-order valence-electron chi connectivity index (χ1n) is 8.14. The van der Waals surface area contributed by atoms with E-state index in [1.165, 1.54) is 0 Å². The number of thiocarbonyl (C=S) groups is 1. The highest BCUT2D eigenvalue weighted by Gasteiger charge is 2.14. The number of nitrogens with zero attached hydrogens (tertiary/aromatic N) is 2. The molecule has 2 aromatic carbocycles. The predicted molar refractivity (Wildman–Crippen MR) is 110 cm³/mol. The molecular weight excluding hydrogens is 362 g/mol. The Hall–Kier alpha value is -3.19. The number of benzene rings is 2. The molecule has 0 saturated heterocycles. The number of aromatic nitrogens is 2. The minimum absolute atomic E-state index is 0.434. The Labute approximate surface area is 163 Å². The van der Waals surface area contributed by atoms with Crippen molar-refractivity contribution in [3.63, 3.8) is 0 Å². The van der Waals surface area contributed by atoms with Crippen LogP contribution in [0.1, 0.15) is 5.56 Å². The number of rotatable bonds is 7. The molecule has 6 nitrogen and oxygen atoms in total. The number of ether oxygens (including phenoxy) is 3. The molecule has 0 atom stereocenters. The molecule has 7 heteroatoms. The normalized spacial score (nSPS) is 10.2. The van der Waals surface area contributed by atoms with Crippen LogP contribution in [0.15, 0.2) is 48.7 Å². The molecule has 0 radical (unpaired) electrons. The number of anilines is 2. The van der Waals surface area contributed by atoms with E-state index in [2.05, 4.69) is 15.3 Å². The Balaban J connectivity index is 2.00. The van der Waals surface area contributed by atoms with E-state index in [-0.39, 0.29) is 0 Å². The van der Waals surface area contributed by atoms with E-state index in [0.29, 0.717) is 28.9 Å². The molecule has 0 aliphatic carbocycles. The maximum Gasteiger partial charge on any atom is 0.227 e. The third-order valence-electron chi connectivity index (χ3n) is 3.91. The lowest BCUT2D eigenvalue weighted by Gasteiger charge is -2.15. The van der Waals surface area contributed by atoms with E-state index in [1.54, 1.807) is 45.0 Å². The van der Waals surface area contributed by atoms with Gasteiger partial charge >= 0.3 is 0 Å². The van der Waals surface area contributed by atoms with Crippen molar-refractivity contribution >= 4 is 29.2 Å². The summed E-state index contributed by atoms with van der Waals surface area (Å²) in [7, 11) is 4.70. The second-order valence-electron chi connectivity index (χ2n) is 5.52. The molecule has 1 aromatic heterocycles. The number of methoxy groups -OCH3 is 3. The lowest BCUT2D eigenvalue weighted by molar-refractivity contribution is 0.324. The topological polar surface area (TPSA) is 65.5 Å². The van der Waals surface area contributed by atoms with Gasteiger partial charge in [-0.2, -0.15) is 0 Å². The van der Waals surface area contributed by atoms with Crippen molar-refractivity contribution in [2.75, 3.05) is 26.6 Å². The third kappa shape index (κ3) is 3.98. The highest BCUT2D eigenvalue weighted by molar-refractivity contribution is 7.79. The van der Waals surface area contributed by atoms with Gasteiger partial charge < -0.3 is 19.5 Å². The molecule has 1 heterocycles. The fourth-order valence-electron chi connectivity index (χ4n) is 2.65. The summed E-state index contributed by atoms with van der Waals surface area (Å²) in [6.45, 7) is 0. The van der Waals surface area contributed by atoms with Crippen LogP contribution in [-0.2, 0) is 0 Å². The molecule has 0 spiro atoms. The van der Waals surface area contributed by atoms with Gasteiger partial charge in [-0.3, -0.25) is 0 Å². The Kier molecular flexibility index (Phi) is 5.83. The smallest absolute Gasteiger partial charge is 0.227 e. The van der Waals surface area contributed by atoms with E-state index in [9.17, 15) is 0 Å². The highest BCUT2D eigenvalue weighted by atomic mass is 32.1. The quantitative estimate of drug-likeness (QED) is 0.613. The largest absolute Gasteiger partial charge is 0.493 e. The van der Waals surface area contributed by atoms with Crippen LogP contribution in [0.4, 0.5) is 11.6 Å². The molecule has 27 heavy (non-hydrogen) atoms. The number of hydrogen-bond donors (Lipinski definition) is 1. The molecule has 0 aliphatic heterocycles. The van der Waals surface area contributed by atoms with Crippen LogP contribution in [0.3, 0.4) is 0 Å². The Bertz CT molecular complexity index is 923.